The van der Waals surface area contributed by atoms with E-state index in [9.17, 15) is 5.11 Å². The highest BCUT2D eigenvalue weighted by Gasteiger charge is 2.09. The van der Waals surface area contributed by atoms with Crippen LogP contribution in [0.4, 0.5) is 0 Å². The van der Waals surface area contributed by atoms with Crippen molar-refractivity contribution in [3.63, 3.8) is 0 Å². The van der Waals surface area contributed by atoms with Gasteiger partial charge in [0.1, 0.15) is 11.3 Å². The Hall–Kier alpha value is -1.33. The lowest BCUT2D eigenvalue weighted by atomic mass is 10.1. The van der Waals surface area contributed by atoms with Crippen LogP contribution in [0, 0.1) is 3.57 Å². The SMILES string of the molecule is OCc1cc(I)c2oc(-c3ccccc3)cc2c1. The molecule has 0 saturated heterocycles. The van der Waals surface area contributed by atoms with E-state index in [4.69, 9.17) is 4.42 Å². The number of hydrogen-bond donors (Lipinski definition) is 1. The summed E-state index contributed by atoms with van der Waals surface area (Å²) in [5, 5.41) is 10.2. The zero-order chi connectivity index (χ0) is 12.5. The Morgan fingerprint density at radius 3 is 2.56 bits per heavy atom. The number of rotatable bonds is 2. The fourth-order valence-corrected chi connectivity index (χ4v) is 2.83. The summed E-state index contributed by atoms with van der Waals surface area (Å²) >= 11 is 2.23. The highest BCUT2D eigenvalue weighted by molar-refractivity contribution is 14.1. The van der Waals surface area contributed by atoms with Crippen LogP contribution in [0.5, 0.6) is 0 Å². The number of benzene rings is 2. The van der Waals surface area contributed by atoms with E-state index in [1.807, 2.05) is 48.5 Å². The molecule has 1 aromatic heterocycles. The zero-order valence-corrected chi connectivity index (χ0v) is 11.7. The van der Waals surface area contributed by atoms with Gasteiger partial charge in [0.05, 0.1) is 10.2 Å². The molecule has 2 aromatic carbocycles. The number of fused-ring (bicyclic) bond motifs is 1. The highest BCUT2D eigenvalue weighted by atomic mass is 127. The van der Waals surface area contributed by atoms with Crippen molar-refractivity contribution in [3.8, 4) is 11.3 Å². The third kappa shape index (κ3) is 2.04. The largest absolute Gasteiger partial charge is 0.455 e. The van der Waals surface area contributed by atoms with Crippen molar-refractivity contribution >= 4 is 33.6 Å². The monoisotopic (exact) mass is 350 g/mol. The third-order valence-electron chi connectivity index (χ3n) is 2.87. The van der Waals surface area contributed by atoms with Gasteiger partial charge in [0, 0.05) is 10.9 Å². The van der Waals surface area contributed by atoms with Crippen LogP contribution >= 0.6 is 22.6 Å². The Kier molecular flexibility index (Phi) is 3.09. The first-order chi connectivity index (χ1) is 8.78. The van der Waals surface area contributed by atoms with Crippen LogP contribution in [0.2, 0.25) is 0 Å². The van der Waals surface area contributed by atoms with E-state index in [-0.39, 0.29) is 6.61 Å². The smallest absolute Gasteiger partial charge is 0.148 e. The van der Waals surface area contributed by atoms with Gasteiger partial charge in [-0.3, -0.25) is 0 Å². The van der Waals surface area contributed by atoms with Crippen LogP contribution in [-0.4, -0.2) is 5.11 Å². The Labute approximate surface area is 118 Å². The topological polar surface area (TPSA) is 33.4 Å². The van der Waals surface area contributed by atoms with Crippen LogP contribution < -0.4 is 0 Å². The molecule has 0 spiro atoms. The summed E-state index contributed by atoms with van der Waals surface area (Å²) in [7, 11) is 0. The van der Waals surface area contributed by atoms with Crippen molar-refractivity contribution in [2.24, 2.45) is 0 Å². The molecule has 3 aromatic rings. The molecule has 0 unspecified atom stereocenters. The summed E-state index contributed by atoms with van der Waals surface area (Å²) in [4.78, 5) is 0. The first-order valence-corrected chi connectivity index (χ1v) is 6.74. The van der Waals surface area contributed by atoms with Crippen molar-refractivity contribution in [3.05, 3.63) is 57.7 Å². The summed E-state index contributed by atoms with van der Waals surface area (Å²) < 4.78 is 6.92. The number of furan rings is 1. The first kappa shape index (κ1) is 11.7. The number of hydrogen-bond acceptors (Lipinski definition) is 2. The average molecular weight is 350 g/mol. The maximum atomic E-state index is 9.21. The molecule has 3 rings (SSSR count). The predicted octanol–water partition coefficient (Wildman–Crippen LogP) is 4.20. The maximum Gasteiger partial charge on any atom is 0.148 e. The number of halogens is 1. The minimum Gasteiger partial charge on any atom is -0.455 e. The number of aliphatic hydroxyl groups excluding tert-OH is 1. The van der Waals surface area contributed by atoms with Gasteiger partial charge < -0.3 is 9.52 Å². The fraction of sp³-hybridized carbons (Fsp3) is 0.0667. The Bertz CT molecular complexity index is 686. The summed E-state index contributed by atoms with van der Waals surface area (Å²) in [6.45, 7) is 0.0534. The maximum absolute atomic E-state index is 9.21. The van der Waals surface area contributed by atoms with Gasteiger partial charge in [-0.15, -0.1) is 0 Å². The van der Waals surface area contributed by atoms with Gasteiger partial charge in [-0.05, 0) is 46.4 Å². The van der Waals surface area contributed by atoms with E-state index in [0.29, 0.717) is 0 Å². The second-order valence-corrected chi connectivity index (χ2v) is 5.29. The molecule has 0 aliphatic carbocycles. The summed E-state index contributed by atoms with van der Waals surface area (Å²) in [5.41, 5.74) is 2.86. The molecular formula is C15H11IO2. The number of aliphatic hydroxyl groups is 1. The van der Waals surface area contributed by atoms with E-state index in [1.54, 1.807) is 0 Å². The summed E-state index contributed by atoms with van der Waals surface area (Å²) in [6.07, 6.45) is 0. The van der Waals surface area contributed by atoms with Gasteiger partial charge >= 0.3 is 0 Å². The van der Waals surface area contributed by atoms with E-state index < -0.39 is 0 Å². The summed E-state index contributed by atoms with van der Waals surface area (Å²) in [5.74, 6) is 0.860. The van der Waals surface area contributed by atoms with E-state index in [2.05, 4.69) is 22.6 Å². The van der Waals surface area contributed by atoms with E-state index in [0.717, 1.165) is 31.4 Å². The zero-order valence-electron chi connectivity index (χ0n) is 9.56. The van der Waals surface area contributed by atoms with Crippen LogP contribution in [0.3, 0.4) is 0 Å². The highest BCUT2D eigenvalue weighted by Crippen LogP contribution is 2.31. The molecular weight excluding hydrogens is 339 g/mol. The van der Waals surface area contributed by atoms with E-state index in [1.165, 1.54) is 0 Å². The van der Waals surface area contributed by atoms with Crippen molar-refractivity contribution in [2.75, 3.05) is 0 Å². The molecule has 1 N–H and O–H groups in total. The molecule has 90 valence electrons. The quantitative estimate of drug-likeness (QED) is 0.703. The standard InChI is InChI=1S/C15H11IO2/c16-13-7-10(9-17)6-12-8-14(18-15(12)13)11-4-2-1-3-5-11/h1-8,17H,9H2. The molecule has 0 aliphatic rings. The molecule has 0 atom stereocenters. The molecule has 0 radical (unpaired) electrons. The predicted molar refractivity (Wildman–Crippen MR) is 80.3 cm³/mol. The Morgan fingerprint density at radius 2 is 1.83 bits per heavy atom. The van der Waals surface area contributed by atoms with Crippen molar-refractivity contribution in [1.29, 1.82) is 0 Å². The van der Waals surface area contributed by atoms with Crippen LogP contribution in [0.1, 0.15) is 5.56 Å². The molecule has 0 amide bonds. The van der Waals surface area contributed by atoms with E-state index >= 15 is 0 Å². The molecule has 0 saturated carbocycles. The van der Waals surface area contributed by atoms with Crippen molar-refractivity contribution in [2.45, 2.75) is 6.61 Å². The fourth-order valence-electron chi connectivity index (χ4n) is 2.00. The van der Waals surface area contributed by atoms with Crippen LogP contribution in [0.25, 0.3) is 22.3 Å². The van der Waals surface area contributed by atoms with Gasteiger partial charge in [-0.1, -0.05) is 30.3 Å². The Morgan fingerprint density at radius 1 is 1.06 bits per heavy atom. The molecule has 0 aliphatic heterocycles. The lowest BCUT2D eigenvalue weighted by molar-refractivity contribution is 0.282. The van der Waals surface area contributed by atoms with Crippen molar-refractivity contribution in [1.82, 2.24) is 0 Å². The van der Waals surface area contributed by atoms with Crippen molar-refractivity contribution < 1.29 is 9.52 Å². The van der Waals surface area contributed by atoms with Gasteiger partial charge in [-0.2, -0.15) is 0 Å². The minimum absolute atomic E-state index is 0.0534. The third-order valence-corrected chi connectivity index (χ3v) is 3.67. The van der Waals surface area contributed by atoms with Gasteiger partial charge in [0.15, 0.2) is 0 Å². The molecule has 0 bridgehead atoms. The molecule has 0 fully saturated rings. The molecule has 1 heterocycles. The second-order valence-electron chi connectivity index (χ2n) is 4.13. The van der Waals surface area contributed by atoms with Crippen LogP contribution in [0.15, 0.2) is 52.9 Å². The molecule has 18 heavy (non-hydrogen) atoms. The lowest BCUT2D eigenvalue weighted by Gasteiger charge is -1.98. The molecule has 2 nitrogen and oxygen atoms in total. The van der Waals surface area contributed by atoms with Gasteiger partial charge in [-0.25, -0.2) is 0 Å². The minimum atomic E-state index is 0.0534. The average Bonchev–Trinajstić information content (AvgIpc) is 2.84. The normalized spacial score (nSPS) is 11.0. The van der Waals surface area contributed by atoms with Gasteiger partial charge in [0.2, 0.25) is 0 Å². The summed E-state index contributed by atoms with van der Waals surface area (Å²) in [6, 6.07) is 16.0. The van der Waals surface area contributed by atoms with Gasteiger partial charge in [0.25, 0.3) is 0 Å². The van der Waals surface area contributed by atoms with Crippen LogP contribution in [-0.2, 0) is 6.61 Å². The Balaban J connectivity index is 2.20. The molecule has 3 heteroatoms. The first-order valence-electron chi connectivity index (χ1n) is 5.66. The lowest BCUT2D eigenvalue weighted by Crippen LogP contribution is -1.83. The second kappa shape index (κ2) is 4.74.